The Kier molecular flexibility index (Phi) is 9.64. The van der Waals surface area contributed by atoms with Crippen LogP contribution in [0.4, 0.5) is 11.4 Å². The van der Waals surface area contributed by atoms with Crippen LogP contribution >= 0.6 is 0 Å². The molecule has 0 aliphatic heterocycles. The van der Waals surface area contributed by atoms with Gasteiger partial charge < -0.3 is 21.3 Å². The van der Waals surface area contributed by atoms with Gasteiger partial charge in [-0.05, 0) is 74.2 Å². The number of hydrogen-bond acceptors (Lipinski definition) is 4. The average Bonchev–Trinajstić information content (AvgIpc) is 3.02. The summed E-state index contributed by atoms with van der Waals surface area (Å²) in [7, 11) is 0. The lowest BCUT2D eigenvalue weighted by atomic mass is 9.95. The topological polar surface area (TPSA) is 116 Å². The first-order valence-corrected chi connectivity index (χ1v) is 15.0. The van der Waals surface area contributed by atoms with Gasteiger partial charge in [-0.2, -0.15) is 0 Å². The van der Waals surface area contributed by atoms with Gasteiger partial charge >= 0.3 is 0 Å². The summed E-state index contributed by atoms with van der Waals surface area (Å²) in [5, 5.41) is 11.9. The zero-order valence-corrected chi connectivity index (χ0v) is 23.8. The lowest BCUT2D eigenvalue weighted by Gasteiger charge is -2.23. The van der Waals surface area contributed by atoms with Crippen LogP contribution < -0.4 is 21.3 Å². The fourth-order valence-corrected chi connectivity index (χ4v) is 5.76. The highest BCUT2D eigenvalue weighted by Gasteiger charge is 2.21. The number of hydrogen-bond donors (Lipinski definition) is 4. The second kappa shape index (κ2) is 13.9. The number of carbonyl (C=O) groups is 4. The third-order valence-electron chi connectivity index (χ3n) is 8.13. The van der Waals surface area contributed by atoms with Crippen LogP contribution in [0.3, 0.4) is 0 Å². The smallest absolute Gasteiger partial charge is 0.255 e. The number of amides is 4. The first-order chi connectivity index (χ1) is 20.5. The van der Waals surface area contributed by atoms with Gasteiger partial charge in [0.15, 0.2) is 0 Å². The van der Waals surface area contributed by atoms with Gasteiger partial charge in [0.05, 0.1) is 22.5 Å². The third-order valence-corrected chi connectivity index (χ3v) is 8.13. The Bertz CT molecular complexity index is 1310. The van der Waals surface area contributed by atoms with E-state index in [4.69, 9.17) is 0 Å². The molecular weight excluding hydrogens is 528 g/mol. The molecule has 0 unspecified atom stereocenters. The molecule has 4 amide bonds. The van der Waals surface area contributed by atoms with Crippen molar-refractivity contribution in [1.82, 2.24) is 10.6 Å². The second-order valence-corrected chi connectivity index (χ2v) is 11.2. The van der Waals surface area contributed by atoms with Crippen LogP contribution in [0, 0.1) is 0 Å². The molecule has 0 atom stereocenters. The van der Waals surface area contributed by atoms with Crippen molar-refractivity contribution in [1.29, 1.82) is 0 Å². The third kappa shape index (κ3) is 7.43. The number of nitrogens with one attached hydrogen (secondary N) is 4. The zero-order chi connectivity index (χ0) is 29.3. The number of anilines is 2. The lowest BCUT2D eigenvalue weighted by Crippen LogP contribution is -2.36. The fourth-order valence-electron chi connectivity index (χ4n) is 5.76. The molecule has 5 rings (SSSR count). The SMILES string of the molecule is O=C(Nc1ccccc1C(=O)NC1CCCCC1)c1ccc(C(=O)Nc2ccccc2C(=O)NC2CCCCC2)cc1. The zero-order valence-electron chi connectivity index (χ0n) is 23.8. The van der Waals surface area contributed by atoms with E-state index in [9.17, 15) is 19.2 Å². The quantitative estimate of drug-likeness (QED) is 0.255. The van der Waals surface area contributed by atoms with E-state index in [2.05, 4.69) is 21.3 Å². The van der Waals surface area contributed by atoms with Crippen LogP contribution in [0.5, 0.6) is 0 Å². The van der Waals surface area contributed by atoms with E-state index >= 15 is 0 Å². The Labute approximate surface area is 246 Å². The van der Waals surface area contributed by atoms with Crippen molar-refractivity contribution in [3.05, 3.63) is 95.1 Å². The Morgan fingerprint density at radius 2 is 0.810 bits per heavy atom. The van der Waals surface area contributed by atoms with E-state index in [-0.39, 0.29) is 35.7 Å². The summed E-state index contributed by atoms with van der Waals surface area (Å²) >= 11 is 0. The molecule has 3 aromatic rings. The standard InChI is InChI=1S/C34H38N4O4/c39-31(37-29-17-9-7-15-27(29)33(41)35-25-11-3-1-4-12-25)23-19-21-24(22-20-23)32(40)38-30-18-10-8-16-28(30)34(42)36-26-13-5-2-6-14-26/h7-10,15-22,25-26H,1-6,11-14H2,(H,35,41)(H,36,42)(H,37,39)(H,38,40). The van der Waals surface area contributed by atoms with Crippen molar-refractivity contribution in [2.45, 2.75) is 76.3 Å². The first kappa shape index (κ1) is 29.0. The molecule has 4 N–H and O–H groups in total. The van der Waals surface area contributed by atoms with Crippen LogP contribution in [0.15, 0.2) is 72.8 Å². The van der Waals surface area contributed by atoms with E-state index in [0.29, 0.717) is 33.6 Å². The minimum atomic E-state index is -0.385. The molecule has 0 bridgehead atoms. The molecule has 2 saturated carbocycles. The van der Waals surface area contributed by atoms with E-state index in [1.807, 2.05) is 0 Å². The fraction of sp³-hybridized carbons (Fsp3) is 0.353. The van der Waals surface area contributed by atoms with E-state index < -0.39 is 0 Å². The Morgan fingerprint density at radius 1 is 0.452 bits per heavy atom. The monoisotopic (exact) mass is 566 g/mol. The Morgan fingerprint density at radius 3 is 1.19 bits per heavy atom. The summed E-state index contributed by atoms with van der Waals surface area (Å²) < 4.78 is 0. The number of para-hydroxylation sites is 2. The van der Waals surface area contributed by atoms with Crippen LogP contribution in [0.1, 0.15) is 106 Å². The van der Waals surface area contributed by atoms with Gasteiger partial charge in [0.25, 0.3) is 23.6 Å². The largest absolute Gasteiger partial charge is 0.349 e. The van der Waals surface area contributed by atoms with Gasteiger partial charge in [-0.3, -0.25) is 19.2 Å². The highest BCUT2D eigenvalue weighted by Crippen LogP contribution is 2.22. The van der Waals surface area contributed by atoms with E-state index in [0.717, 1.165) is 51.4 Å². The summed E-state index contributed by atoms with van der Waals surface area (Å²) in [6.07, 6.45) is 10.7. The molecule has 42 heavy (non-hydrogen) atoms. The van der Waals surface area contributed by atoms with Crippen molar-refractivity contribution in [3.8, 4) is 0 Å². The normalized spacial score (nSPS) is 15.8. The predicted octanol–water partition coefficient (Wildman–Crippen LogP) is 6.32. The average molecular weight is 567 g/mol. The van der Waals surface area contributed by atoms with Gasteiger partial charge in [-0.25, -0.2) is 0 Å². The summed E-state index contributed by atoms with van der Waals surface area (Å²) in [6.45, 7) is 0. The van der Waals surface area contributed by atoms with Gasteiger partial charge in [0.1, 0.15) is 0 Å². The van der Waals surface area contributed by atoms with E-state index in [1.54, 1.807) is 72.8 Å². The van der Waals surface area contributed by atoms with Crippen molar-refractivity contribution in [2.24, 2.45) is 0 Å². The highest BCUT2D eigenvalue weighted by atomic mass is 16.2. The van der Waals surface area contributed by atoms with Crippen molar-refractivity contribution < 1.29 is 19.2 Å². The molecule has 8 nitrogen and oxygen atoms in total. The maximum absolute atomic E-state index is 13.0. The molecule has 0 radical (unpaired) electrons. The summed E-state index contributed by atoms with van der Waals surface area (Å²) in [6, 6.07) is 20.5. The summed E-state index contributed by atoms with van der Waals surface area (Å²) in [5.41, 5.74) is 2.39. The predicted molar refractivity (Wildman–Crippen MR) is 164 cm³/mol. The van der Waals surface area contributed by atoms with Crippen LogP contribution in [0.2, 0.25) is 0 Å². The van der Waals surface area contributed by atoms with Gasteiger partial charge in [0.2, 0.25) is 0 Å². The van der Waals surface area contributed by atoms with Crippen molar-refractivity contribution in [3.63, 3.8) is 0 Å². The maximum atomic E-state index is 13.0. The molecular formula is C34H38N4O4. The first-order valence-electron chi connectivity index (χ1n) is 15.0. The minimum Gasteiger partial charge on any atom is -0.349 e. The van der Waals surface area contributed by atoms with Gasteiger partial charge in [-0.15, -0.1) is 0 Å². The summed E-state index contributed by atoms with van der Waals surface area (Å²) in [4.78, 5) is 52.0. The van der Waals surface area contributed by atoms with Gasteiger partial charge in [-0.1, -0.05) is 62.8 Å². The molecule has 2 aliphatic carbocycles. The molecule has 2 fully saturated rings. The van der Waals surface area contributed by atoms with Gasteiger partial charge in [0, 0.05) is 23.2 Å². The molecule has 3 aromatic carbocycles. The molecule has 0 saturated heterocycles. The molecule has 8 heteroatoms. The Hall–Kier alpha value is -4.46. The molecule has 0 spiro atoms. The molecule has 218 valence electrons. The Balaban J connectivity index is 1.21. The van der Waals surface area contributed by atoms with Crippen LogP contribution in [0.25, 0.3) is 0 Å². The lowest BCUT2D eigenvalue weighted by molar-refractivity contribution is 0.0919. The van der Waals surface area contributed by atoms with Crippen molar-refractivity contribution >= 4 is 35.0 Å². The highest BCUT2D eigenvalue weighted by molar-refractivity contribution is 6.11. The summed E-state index contributed by atoms with van der Waals surface area (Å²) in [5.74, 6) is -1.16. The maximum Gasteiger partial charge on any atom is 0.255 e. The number of carbonyl (C=O) groups excluding carboxylic acids is 4. The van der Waals surface area contributed by atoms with E-state index in [1.165, 1.54) is 12.8 Å². The molecule has 0 heterocycles. The van der Waals surface area contributed by atoms with Crippen LogP contribution in [-0.2, 0) is 0 Å². The minimum absolute atomic E-state index is 0.159. The second-order valence-electron chi connectivity index (χ2n) is 11.2. The number of rotatable bonds is 8. The molecule has 2 aliphatic rings. The number of benzene rings is 3. The van der Waals surface area contributed by atoms with Crippen molar-refractivity contribution in [2.75, 3.05) is 10.6 Å². The van der Waals surface area contributed by atoms with Crippen LogP contribution in [-0.4, -0.2) is 35.7 Å². The molecule has 0 aromatic heterocycles.